The molecule has 0 heterocycles. The molecule has 8 nitrogen and oxygen atoms in total. The van der Waals surface area contributed by atoms with Crippen LogP contribution in [0.15, 0.2) is 53.4 Å². The summed E-state index contributed by atoms with van der Waals surface area (Å²) in [6.45, 7) is 0. The molecule has 0 saturated carbocycles. The van der Waals surface area contributed by atoms with Crippen LogP contribution in [-0.4, -0.2) is 38.9 Å². The molecule has 0 aromatic heterocycles. The van der Waals surface area contributed by atoms with Crippen LogP contribution in [0.4, 0.5) is 0 Å². The summed E-state index contributed by atoms with van der Waals surface area (Å²) in [6.07, 6.45) is 0.0674. The summed E-state index contributed by atoms with van der Waals surface area (Å²) in [4.78, 5) is 28.6. The van der Waals surface area contributed by atoms with E-state index in [-0.39, 0.29) is 16.9 Å². The number of nitrogens with zero attached hydrogens (tertiary/aromatic N) is 1. The Bertz CT molecular complexity index is 915. The van der Waals surface area contributed by atoms with Gasteiger partial charge in [0.05, 0.1) is 18.4 Å². The van der Waals surface area contributed by atoms with Gasteiger partial charge in [-0.3, -0.25) is 25.3 Å². The number of amides is 2. The number of hydrogen-bond acceptors (Lipinski definition) is 5. The molecule has 2 rings (SSSR count). The molecule has 0 spiro atoms. The molecule has 27 heavy (non-hydrogen) atoms. The molecule has 0 fully saturated rings. The number of hydrogen-bond donors (Lipinski definition) is 2. The Kier molecular flexibility index (Phi) is 6.92. The van der Waals surface area contributed by atoms with Gasteiger partial charge in [0.2, 0.25) is 5.91 Å². The lowest BCUT2D eigenvalue weighted by Gasteiger charge is -2.14. The molecule has 0 aliphatic carbocycles. The van der Waals surface area contributed by atoms with Crippen LogP contribution in [0, 0.1) is 0 Å². The lowest BCUT2D eigenvalue weighted by atomic mass is 10.1. The third-order valence-electron chi connectivity index (χ3n) is 3.60. The Morgan fingerprint density at radius 1 is 1.04 bits per heavy atom. The number of benzene rings is 2. The largest absolute Gasteiger partial charge is 0.288 e. The van der Waals surface area contributed by atoms with Crippen molar-refractivity contribution in [1.82, 2.24) is 15.3 Å². The highest BCUT2D eigenvalue weighted by molar-refractivity contribution is 7.89. The van der Waals surface area contributed by atoms with Crippen molar-refractivity contribution >= 4 is 33.4 Å². The number of halogens is 1. The van der Waals surface area contributed by atoms with Crippen LogP contribution in [0.2, 0.25) is 5.02 Å². The Balaban J connectivity index is 1.94. The van der Waals surface area contributed by atoms with Crippen LogP contribution in [0.1, 0.15) is 15.9 Å². The Labute approximate surface area is 162 Å². The minimum Gasteiger partial charge on any atom is -0.288 e. The molecule has 0 saturated heterocycles. The predicted octanol–water partition coefficient (Wildman–Crippen LogP) is 1.53. The summed E-state index contributed by atoms with van der Waals surface area (Å²) in [5, 5.41) is 0.564. The SMILES string of the molecule is CON(C)S(=O)(=O)c1ccc(C(=O)NNC(=O)Cc2ccc(Cl)cc2)cc1. The Morgan fingerprint density at radius 2 is 1.63 bits per heavy atom. The van der Waals surface area contributed by atoms with Crippen molar-refractivity contribution < 1.29 is 22.8 Å². The molecule has 2 aromatic carbocycles. The number of sulfonamides is 1. The maximum atomic E-state index is 12.1. The molecule has 0 aliphatic heterocycles. The molecule has 0 atom stereocenters. The summed E-state index contributed by atoms with van der Waals surface area (Å²) in [7, 11) is -1.31. The Hall–Kier alpha value is -2.46. The second-order valence-electron chi connectivity index (χ2n) is 5.43. The average Bonchev–Trinajstić information content (AvgIpc) is 2.67. The van der Waals surface area contributed by atoms with Gasteiger partial charge in [0, 0.05) is 17.6 Å². The number of nitrogens with one attached hydrogen (secondary N) is 2. The van der Waals surface area contributed by atoms with Gasteiger partial charge in [-0.1, -0.05) is 28.2 Å². The summed E-state index contributed by atoms with van der Waals surface area (Å²) >= 11 is 5.78. The minimum atomic E-state index is -3.79. The fourth-order valence-corrected chi connectivity index (χ4v) is 3.15. The highest BCUT2D eigenvalue weighted by Gasteiger charge is 2.21. The zero-order valence-electron chi connectivity index (χ0n) is 14.6. The summed E-state index contributed by atoms with van der Waals surface area (Å²) in [6, 6.07) is 12.0. The van der Waals surface area contributed by atoms with Gasteiger partial charge in [-0.05, 0) is 42.0 Å². The van der Waals surface area contributed by atoms with E-state index >= 15 is 0 Å². The van der Waals surface area contributed by atoms with Crippen LogP contribution in [-0.2, 0) is 26.1 Å². The van der Waals surface area contributed by atoms with E-state index in [0.717, 1.165) is 5.56 Å². The van der Waals surface area contributed by atoms with Crippen molar-refractivity contribution in [1.29, 1.82) is 0 Å². The van der Waals surface area contributed by atoms with E-state index in [1.165, 1.54) is 38.4 Å². The van der Waals surface area contributed by atoms with E-state index in [1.807, 2.05) is 0 Å². The number of hydrazine groups is 1. The van der Waals surface area contributed by atoms with Gasteiger partial charge >= 0.3 is 0 Å². The first-order chi connectivity index (χ1) is 12.7. The first kappa shape index (κ1) is 20.8. The second kappa shape index (κ2) is 8.96. The highest BCUT2D eigenvalue weighted by Crippen LogP contribution is 2.15. The topological polar surface area (TPSA) is 105 Å². The summed E-state index contributed by atoms with van der Waals surface area (Å²) in [5.41, 5.74) is 5.49. The van der Waals surface area contributed by atoms with Gasteiger partial charge in [0.1, 0.15) is 0 Å². The molecule has 10 heteroatoms. The number of carbonyl (C=O) groups excluding carboxylic acids is 2. The van der Waals surface area contributed by atoms with Gasteiger partial charge in [0.25, 0.3) is 15.9 Å². The standard InChI is InChI=1S/C17H18ClN3O5S/c1-21(26-2)27(24,25)15-9-5-13(6-10-15)17(23)20-19-16(22)11-12-3-7-14(18)8-4-12/h3-10H,11H2,1-2H3,(H,19,22)(H,20,23). The summed E-state index contributed by atoms with van der Waals surface area (Å²) in [5.74, 6) is -0.991. The van der Waals surface area contributed by atoms with E-state index in [0.29, 0.717) is 9.49 Å². The third kappa shape index (κ3) is 5.51. The third-order valence-corrected chi connectivity index (χ3v) is 5.55. The van der Waals surface area contributed by atoms with Crippen molar-refractivity contribution in [2.24, 2.45) is 0 Å². The molecule has 144 valence electrons. The zero-order valence-corrected chi connectivity index (χ0v) is 16.2. The van der Waals surface area contributed by atoms with Crippen LogP contribution in [0.25, 0.3) is 0 Å². The van der Waals surface area contributed by atoms with E-state index in [2.05, 4.69) is 15.7 Å². The molecular formula is C17H18ClN3O5S. The smallest absolute Gasteiger partial charge is 0.269 e. The van der Waals surface area contributed by atoms with Gasteiger partial charge in [-0.25, -0.2) is 8.42 Å². The van der Waals surface area contributed by atoms with E-state index < -0.39 is 21.8 Å². The fourth-order valence-electron chi connectivity index (χ4n) is 2.06. The maximum Gasteiger partial charge on any atom is 0.269 e. The van der Waals surface area contributed by atoms with Crippen LogP contribution in [0.5, 0.6) is 0 Å². The van der Waals surface area contributed by atoms with E-state index in [1.54, 1.807) is 24.3 Å². The molecule has 2 aromatic rings. The van der Waals surface area contributed by atoms with Crippen LogP contribution in [0.3, 0.4) is 0 Å². The van der Waals surface area contributed by atoms with E-state index in [4.69, 9.17) is 11.6 Å². The van der Waals surface area contributed by atoms with Gasteiger partial charge in [0.15, 0.2) is 0 Å². The maximum absolute atomic E-state index is 12.1. The molecule has 0 unspecified atom stereocenters. The highest BCUT2D eigenvalue weighted by atomic mass is 35.5. The average molecular weight is 412 g/mol. The van der Waals surface area contributed by atoms with Crippen molar-refractivity contribution in [2.45, 2.75) is 11.3 Å². The minimum absolute atomic E-state index is 0.0322. The molecule has 2 amide bonds. The van der Waals surface area contributed by atoms with Crippen molar-refractivity contribution in [2.75, 3.05) is 14.2 Å². The normalized spacial score (nSPS) is 11.3. The van der Waals surface area contributed by atoms with Crippen molar-refractivity contribution in [3.05, 3.63) is 64.7 Å². The van der Waals surface area contributed by atoms with E-state index in [9.17, 15) is 18.0 Å². The number of carbonyl (C=O) groups is 2. The quantitative estimate of drug-likeness (QED) is 0.701. The first-order valence-electron chi connectivity index (χ1n) is 7.71. The second-order valence-corrected chi connectivity index (χ2v) is 7.80. The van der Waals surface area contributed by atoms with Crippen LogP contribution < -0.4 is 10.9 Å². The Morgan fingerprint density at radius 3 is 2.19 bits per heavy atom. The monoisotopic (exact) mass is 411 g/mol. The summed E-state index contributed by atoms with van der Waals surface area (Å²) < 4.78 is 24.9. The molecule has 0 aliphatic rings. The lowest BCUT2D eigenvalue weighted by Crippen LogP contribution is -2.42. The van der Waals surface area contributed by atoms with Crippen molar-refractivity contribution in [3.8, 4) is 0 Å². The molecule has 0 bridgehead atoms. The molecule has 0 radical (unpaired) electrons. The van der Waals surface area contributed by atoms with Gasteiger partial charge in [-0.2, -0.15) is 0 Å². The lowest BCUT2D eigenvalue weighted by molar-refractivity contribution is -0.121. The van der Waals surface area contributed by atoms with Crippen LogP contribution >= 0.6 is 11.6 Å². The zero-order chi connectivity index (χ0) is 20.0. The first-order valence-corrected chi connectivity index (χ1v) is 9.52. The van der Waals surface area contributed by atoms with Gasteiger partial charge < -0.3 is 0 Å². The molecule has 2 N–H and O–H groups in total. The predicted molar refractivity (Wildman–Crippen MR) is 99.2 cm³/mol. The van der Waals surface area contributed by atoms with Crippen molar-refractivity contribution in [3.63, 3.8) is 0 Å². The fraction of sp³-hybridized carbons (Fsp3) is 0.176. The number of hydroxylamine groups is 1. The van der Waals surface area contributed by atoms with Gasteiger partial charge in [-0.15, -0.1) is 0 Å². The molecular weight excluding hydrogens is 394 g/mol. The number of rotatable bonds is 6.